The third-order valence-corrected chi connectivity index (χ3v) is 5.82. The van der Waals surface area contributed by atoms with Crippen LogP contribution >= 0.6 is 0 Å². The van der Waals surface area contributed by atoms with E-state index in [1.807, 2.05) is 71.9 Å². The quantitative estimate of drug-likeness (QED) is 0.439. The van der Waals surface area contributed by atoms with Gasteiger partial charge < -0.3 is 19.6 Å². The van der Waals surface area contributed by atoms with Gasteiger partial charge >= 0.3 is 0 Å². The van der Waals surface area contributed by atoms with Crippen molar-refractivity contribution in [3.8, 4) is 34.5 Å². The highest BCUT2D eigenvalue weighted by Crippen LogP contribution is 2.43. The Morgan fingerprint density at radius 1 is 1.06 bits per heavy atom. The summed E-state index contributed by atoms with van der Waals surface area (Å²) in [6.45, 7) is 12.3. The second-order valence-electron chi connectivity index (χ2n) is 10.3. The molecule has 0 spiro atoms. The number of aromatic nitrogens is 2. The first-order chi connectivity index (χ1) is 14.9. The van der Waals surface area contributed by atoms with Gasteiger partial charge in [0.15, 0.2) is 11.5 Å². The van der Waals surface area contributed by atoms with Crippen LogP contribution in [-0.4, -0.2) is 22.2 Å². The molecule has 0 saturated carbocycles. The zero-order valence-corrected chi connectivity index (χ0v) is 19.7. The molecule has 2 N–H and O–H groups in total. The van der Waals surface area contributed by atoms with Crippen LogP contribution in [0.5, 0.6) is 23.1 Å². The largest absolute Gasteiger partial charge is 0.507 e. The van der Waals surface area contributed by atoms with Gasteiger partial charge in [-0.25, -0.2) is 0 Å². The maximum Gasteiger partial charge on any atom is 0.258 e. The highest BCUT2D eigenvalue weighted by atomic mass is 16.5. The molecule has 1 aliphatic heterocycles. The minimum Gasteiger partial charge on any atom is -0.507 e. The molecule has 2 aromatic carbocycles. The fourth-order valence-corrected chi connectivity index (χ4v) is 4.03. The van der Waals surface area contributed by atoms with Gasteiger partial charge in [0.25, 0.3) is 5.56 Å². The van der Waals surface area contributed by atoms with Crippen molar-refractivity contribution in [2.75, 3.05) is 7.11 Å². The number of fused-ring (bicyclic) bond motifs is 2. The number of nitrogens with zero attached hydrogens (tertiary/aromatic N) is 1. The molecule has 0 radical (unpaired) electrons. The molecule has 0 atom stereocenters. The molecule has 168 valence electrons. The van der Waals surface area contributed by atoms with E-state index >= 15 is 0 Å². The van der Waals surface area contributed by atoms with E-state index in [1.54, 1.807) is 7.11 Å². The summed E-state index contributed by atoms with van der Waals surface area (Å²) in [5, 5.41) is 11.0. The van der Waals surface area contributed by atoms with E-state index < -0.39 is 0 Å². The van der Waals surface area contributed by atoms with E-state index in [0.717, 1.165) is 22.3 Å². The molecule has 0 bridgehead atoms. The Hall–Kier alpha value is -3.28. The summed E-state index contributed by atoms with van der Waals surface area (Å²) in [5.74, 6) is 2.16. The Morgan fingerprint density at radius 3 is 2.25 bits per heavy atom. The summed E-state index contributed by atoms with van der Waals surface area (Å²) in [6.07, 6.45) is 0.417. The second-order valence-corrected chi connectivity index (χ2v) is 10.3. The van der Waals surface area contributed by atoms with Crippen molar-refractivity contribution in [1.29, 1.82) is 0 Å². The van der Waals surface area contributed by atoms with Gasteiger partial charge in [-0.05, 0) is 29.0 Å². The minimum absolute atomic E-state index is 0.235. The number of nitrogens with one attached hydrogen (secondary N) is 1. The number of hydrogen-bond acceptors (Lipinski definition) is 5. The molecule has 0 saturated heterocycles. The summed E-state index contributed by atoms with van der Waals surface area (Å²) in [7, 11) is 1.59. The number of hydrogen-bond donors (Lipinski definition) is 2. The van der Waals surface area contributed by atoms with Gasteiger partial charge in [0.2, 0.25) is 5.88 Å². The van der Waals surface area contributed by atoms with Crippen LogP contribution in [-0.2, 0) is 17.3 Å². The summed E-state index contributed by atoms with van der Waals surface area (Å²) in [5.41, 5.74) is 2.87. The summed E-state index contributed by atoms with van der Waals surface area (Å²) < 4.78 is 11.5. The first kappa shape index (κ1) is 21.9. The van der Waals surface area contributed by atoms with Gasteiger partial charge in [0, 0.05) is 28.7 Å². The van der Waals surface area contributed by atoms with E-state index in [0.29, 0.717) is 29.3 Å². The van der Waals surface area contributed by atoms with Crippen molar-refractivity contribution >= 4 is 0 Å². The van der Waals surface area contributed by atoms with E-state index in [9.17, 15) is 9.90 Å². The zero-order chi connectivity index (χ0) is 23.4. The number of H-pyrrole nitrogens is 1. The normalized spacial score (nSPS) is 13.2. The van der Waals surface area contributed by atoms with Gasteiger partial charge in [-0.15, -0.1) is 0 Å². The highest BCUT2D eigenvalue weighted by molar-refractivity contribution is 5.65. The minimum atomic E-state index is -0.294. The van der Waals surface area contributed by atoms with Crippen molar-refractivity contribution in [2.24, 2.45) is 0 Å². The lowest BCUT2D eigenvalue weighted by molar-refractivity contribution is 0.365. The molecule has 6 nitrogen and oxygen atoms in total. The van der Waals surface area contributed by atoms with E-state index in [4.69, 9.17) is 9.47 Å². The van der Waals surface area contributed by atoms with Gasteiger partial charge in [-0.2, -0.15) is 4.98 Å². The first-order valence-electron chi connectivity index (χ1n) is 10.8. The smallest absolute Gasteiger partial charge is 0.258 e. The van der Waals surface area contributed by atoms with Crippen molar-refractivity contribution < 1.29 is 14.6 Å². The lowest BCUT2D eigenvalue weighted by Crippen LogP contribution is -2.21. The Labute approximate surface area is 188 Å². The number of aromatic hydroxyl groups is 1. The molecule has 2 heterocycles. The number of para-hydroxylation sites is 1. The molecule has 0 amide bonds. The maximum atomic E-state index is 13.0. The predicted octanol–water partition coefficient (Wildman–Crippen LogP) is 5.44. The molecule has 0 aliphatic carbocycles. The molecule has 3 aromatic rings. The number of phenolic OH excluding ortho intramolecular Hbond substituents is 1. The molecule has 1 aliphatic rings. The first-order valence-corrected chi connectivity index (χ1v) is 10.8. The number of ether oxygens (including phenoxy) is 2. The molecule has 0 fully saturated rings. The third-order valence-electron chi connectivity index (χ3n) is 5.82. The van der Waals surface area contributed by atoms with Crippen LogP contribution in [0.25, 0.3) is 11.4 Å². The van der Waals surface area contributed by atoms with E-state index in [-0.39, 0.29) is 28.0 Å². The molecular weight excluding hydrogens is 404 g/mol. The van der Waals surface area contributed by atoms with Crippen LogP contribution in [0.1, 0.15) is 63.8 Å². The fraction of sp³-hybridized carbons (Fsp3) is 0.385. The van der Waals surface area contributed by atoms with Crippen LogP contribution in [0, 0.1) is 0 Å². The molecule has 6 heteroatoms. The van der Waals surface area contributed by atoms with Crippen molar-refractivity contribution in [3.63, 3.8) is 0 Å². The van der Waals surface area contributed by atoms with Crippen LogP contribution in [0.3, 0.4) is 0 Å². The van der Waals surface area contributed by atoms with Crippen LogP contribution in [0.4, 0.5) is 0 Å². The number of benzene rings is 2. The number of phenols is 1. The molecular formula is C26H30N2O4. The SMILES string of the molecule is COc1cccc2c1Oc1nc(-c3cc(C(C)(C)C)c(O)c(C(C)(C)C)c3)[nH]c(=O)c1C2. The van der Waals surface area contributed by atoms with Crippen molar-refractivity contribution in [1.82, 2.24) is 9.97 Å². The number of rotatable bonds is 2. The highest BCUT2D eigenvalue weighted by Gasteiger charge is 2.29. The topological polar surface area (TPSA) is 84.4 Å². The average Bonchev–Trinajstić information content (AvgIpc) is 2.70. The van der Waals surface area contributed by atoms with Gasteiger partial charge in [-0.3, -0.25) is 4.79 Å². The van der Waals surface area contributed by atoms with Crippen LogP contribution in [0.15, 0.2) is 35.1 Å². The monoisotopic (exact) mass is 434 g/mol. The Bertz CT molecular complexity index is 1230. The second kappa shape index (κ2) is 7.40. The summed E-state index contributed by atoms with van der Waals surface area (Å²) in [4.78, 5) is 20.6. The summed E-state index contributed by atoms with van der Waals surface area (Å²) >= 11 is 0. The summed E-state index contributed by atoms with van der Waals surface area (Å²) in [6, 6.07) is 9.40. The Morgan fingerprint density at radius 2 is 1.69 bits per heavy atom. The zero-order valence-electron chi connectivity index (χ0n) is 19.7. The van der Waals surface area contributed by atoms with Crippen molar-refractivity contribution in [2.45, 2.75) is 58.8 Å². The Kier molecular flexibility index (Phi) is 5.07. The molecule has 32 heavy (non-hydrogen) atoms. The standard InChI is InChI=1S/C26H30N2O4/c1-25(2,3)17-12-15(13-18(20(17)29)26(4,5)6)22-27-23(30)16-11-14-9-8-10-19(31-7)21(14)32-24(16)28-22/h8-10,12-13,29H,11H2,1-7H3,(H,27,28,30). The van der Waals surface area contributed by atoms with E-state index in [1.165, 1.54) is 0 Å². The maximum absolute atomic E-state index is 13.0. The van der Waals surface area contributed by atoms with Gasteiger partial charge in [-0.1, -0.05) is 53.7 Å². The Balaban J connectivity index is 1.90. The number of aromatic amines is 1. The number of methoxy groups -OCH3 is 1. The lowest BCUT2D eigenvalue weighted by Gasteiger charge is -2.28. The van der Waals surface area contributed by atoms with Gasteiger partial charge in [0.05, 0.1) is 12.7 Å². The van der Waals surface area contributed by atoms with Crippen LogP contribution < -0.4 is 15.0 Å². The predicted molar refractivity (Wildman–Crippen MR) is 125 cm³/mol. The molecule has 4 rings (SSSR count). The molecule has 0 unspecified atom stereocenters. The van der Waals surface area contributed by atoms with Gasteiger partial charge in [0.1, 0.15) is 11.6 Å². The van der Waals surface area contributed by atoms with Crippen LogP contribution in [0.2, 0.25) is 0 Å². The lowest BCUT2D eigenvalue weighted by atomic mass is 9.78. The molecule has 1 aromatic heterocycles. The third kappa shape index (κ3) is 3.74. The van der Waals surface area contributed by atoms with Crippen molar-refractivity contribution in [3.05, 3.63) is 62.9 Å². The fourth-order valence-electron chi connectivity index (χ4n) is 4.03. The van der Waals surface area contributed by atoms with E-state index in [2.05, 4.69) is 9.97 Å². The average molecular weight is 435 g/mol.